The van der Waals surface area contributed by atoms with Crippen LogP contribution in [0.4, 0.5) is 9.18 Å². The highest BCUT2D eigenvalue weighted by atomic mass is 19.1. The molecular formula is C21H30FN3O3. The number of rotatable bonds is 10. The number of nitrogens with one attached hydrogen (secondary N) is 2. The van der Waals surface area contributed by atoms with Crippen molar-refractivity contribution in [2.75, 3.05) is 6.54 Å². The summed E-state index contributed by atoms with van der Waals surface area (Å²) in [6, 6.07) is 4.85. The number of imide groups is 1. The number of carbonyl (C=O) groups is 3. The molecule has 28 heavy (non-hydrogen) atoms. The van der Waals surface area contributed by atoms with E-state index in [4.69, 9.17) is 0 Å². The summed E-state index contributed by atoms with van der Waals surface area (Å²) < 4.78 is 13.2. The number of unbranched alkanes of at least 4 members (excludes halogenated alkanes) is 3. The van der Waals surface area contributed by atoms with Crippen LogP contribution in [-0.2, 0) is 15.1 Å². The lowest BCUT2D eigenvalue weighted by molar-refractivity contribution is -0.135. The number of amides is 4. The Hall–Kier alpha value is -2.44. The highest BCUT2D eigenvalue weighted by Crippen LogP contribution is 2.32. The maximum Gasteiger partial charge on any atom is 0.325 e. The first-order valence-corrected chi connectivity index (χ1v) is 10.0. The Morgan fingerprint density at radius 1 is 1.18 bits per heavy atom. The number of nitrogens with zero attached hydrogens (tertiary/aromatic N) is 1. The smallest absolute Gasteiger partial charge is 0.325 e. The summed E-state index contributed by atoms with van der Waals surface area (Å²) >= 11 is 0. The first-order valence-electron chi connectivity index (χ1n) is 10.0. The maximum absolute atomic E-state index is 13.2. The number of carbonyl (C=O) groups excluding carboxylic acids is 3. The molecule has 1 saturated heterocycles. The lowest BCUT2D eigenvalue weighted by Crippen LogP contribution is -2.45. The van der Waals surface area contributed by atoms with Gasteiger partial charge < -0.3 is 10.6 Å². The van der Waals surface area contributed by atoms with Crippen LogP contribution in [0.3, 0.4) is 0 Å². The molecule has 0 spiro atoms. The third-order valence-electron chi connectivity index (χ3n) is 5.24. The molecule has 6 nitrogen and oxygen atoms in total. The van der Waals surface area contributed by atoms with Crippen molar-refractivity contribution < 1.29 is 18.8 Å². The lowest BCUT2D eigenvalue weighted by Gasteiger charge is -2.25. The molecule has 1 heterocycles. The third kappa shape index (κ3) is 4.88. The van der Waals surface area contributed by atoms with Crippen molar-refractivity contribution in [3.8, 4) is 0 Å². The molecule has 1 aliphatic rings. The van der Waals surface area contributed by atoms with Crippen molar-refractivity contribution in [3.63, 3.8) is 0 Å². The minimum absolute atomic E-state index is 0.0156. The Labute approximate surface area is 165 Å². The van der Waals surface area contributed by atoms with Gasteiger partial charge in [0.15, 0.2) is 0 Å². The van der Waals surface area contributed by atoms with Gasteiger partial charge in [-0.2, -0.15) is 0 Å². The van der Waals surface area contributed by atoms with Crippen LogP contribution in [0, 0.1) is 5.82 Å². The molecule has 2 N–H and O–H groups in total. The second kappa shape index (κ2) is 9.66. The van der Waals surface area contributed by atoms with Gasteiger partial charge in [0.05, 0.1) is 0 Å². The predicted octanol–water partition coefficient (Wildman–Crippen LogP) is 3.46. The molecule has 1 aliphatic heterocycles. The SMILES string of the molecule is CCCCCC[C@H](C)NC(=O)CN1C(=O)N[C@](CC)(c2ccc(F)cc2)C1=O. The molecule has 0 aromatic heterocycles. The van der Waals surface area contributed by atoms with Crippen LogP contribution in [0.2, 0.25) is 0 Å². The van der Waals surface area contributed by atoms with E-state index in [1.165, 1.54) is 30.7 Å². The van der Waals surface area contributed by atoms with Crippen LogP contribution in [-0.4, -0.2) is 35.3 Å². The summed E-state index contributed by atoms with van der Waals surface area (Å²) in [7, 11) is 0. The largest absolute Gasteiger partial charge is 0.352 e. The van der Waals surface area contributed by atoms with Crippen molar-refractivity contribution in [2.24, 2.45) is 0 Å². The van der Waals surface area contributed by atoms with Crippen LogP contribution >= 0.6 is 0 Å². The van der Waals surface area contributed by atoms with Crippen molar-refractivity contribution in [2.45, 2.75) is 70.9 Å². The van der Waals surface area contributed by atoms with Gasteiger partial charge in [-0.25, -0.2) is 9.18 Å². The number of hydrogen-bond acceptors (Lipinski definition) is 3. The van der Waals surface area contributed by atoms with E-state index in [0.29, 0.717) is 12.0 Å². The molecule has 0 unspecified atom stereocenters. The van der Waals surface area contributed by atoms with Gasteiger partial charge >= 0.3 is 6.03 Å². The van der Waals surface area contributed by atoms with Crippen LogP contribution in [0.25, 0.3) is 0 Å². The minimum atomic E-state index is -1.27. The number of benzene rings is 1. The molecule has 0 aliphatic carbocycles. The highest BCUT2D eigenvalue weighted by molar-refractivity contribution is 6.09. The Kier molecular flexibility index (Phi) is 7.54. The predicted molar refractivity (Wildman–Crippen MR) is 105 cm³/mol. The summed E-state index contributed by atoms with van der Waals surface area (Å²) in [5, 5.41) is 5.55. The molecule has 7 heteroatoms. The summed E-state index contributed by atoms with van der Waals surface area (Å²) in [5.74, 6) is -1.27. The molecule has 1 fully saturated rings. The van der Waals surface area contributed by atoms with Gasteiger partial charge in [-0.3, -0.25) is 14.5 Å². The van der Waals surface area contributed by atoms with Crippen LogP contribution < -0.4 is 10.6 Å². The Bertz CT molecular complexity index is 707. The molecule has 0 radical (unpaired) electrons. The molecule has 2 rings (SSSR count). The average molecular weight is 391 g/mol. The van der Waals surface area contributed by atoms with E-state index in [1.54, 1.807) is 6.92 Å². The summed E-state index contributed by atoms with van der Waals surface area (Å²) in [4.78, 5) is 38.7. The second-order valence-electron chi connectivity index (χ2n) is 7.41. The van der Waals surface area contributed by atoms with Gasteiger partial charge in [0.1, 0.15) is 17.9 Å². The van der Waals surface area contributed by atoms with Crippen LogP contribution in [0.1, 0.15) is 64.9 Å². The zero-order chi connectivity index (χ0) is 20.7. The number of hydrogen-bond donors (Lipinski definition) is 2. The fourth-order valence-electron chi connectivity index (χ4n) is 3.56. The second-order valence-corrected chi connectivity index (χ2v) is 7.41. The molecule has 4 amide bonds. The maximum atomic E-state index is 13.2. The Morgan fingerprint density at radius 3 is 2.46 bits per heavy atom. The van der Waals surface area contributed by atoms with Crippen molar-refractivity contribution in [1.82, 2.24) is 15.5 Å². The number of urea groups is 1. The van der Waals surface area contributed by atoms with Crippen LogP contribution in [0.5, 0.6) is 0 Å². The molecule has 0 bridgehead atoms. The molecule has 0 saturated carbocycles. The first-order chi connectivity index (χ1) is 13.3. The van der Waals surface area contributed by atoms with Crippen molar-refractivity contribution in [1.29, 1.82) is 0 Å². The molecule has 1 aromatic rings. The fourth-order valence-corrected chi connectivity index (χ4v) is 3.56. The lowest BCUT2D eigenvalue weighted by atomic mass is 9.87. The summed E-state index contributed by atoms with van der Waals surface area (Å²) in [6.45, 7) is 5.51. The summed E-state index contributed by atoms with van der Waals surface area (Å²) in [6.07, 6.45) is 5.64. The van der Waals surface area contributed by atoms with Gasteiger partial charge in [-0.1, -0.05) is 51.7 Å². The molecular weight excluding hydrogens is 361 g/mol. The normalized spacial score (nSPS) is 20.2. The van der Waals surface area contributed by atoms with E-state index in [0.717, 1.165) is 30.6 Å². The Balaban J connectivity index is 2.00. The fraction of sp³-hybridized carbons (Fsp3) is 0.571. The quantitative estimate of drug-likeness (QED) is 0.474. The Morgan fingerprint density at radius 2 is 1.86 bits per heavy atom. The van der Waals surface area contributed by atoms with E-state index in [1.807, 2.05) is 6.92 Å². The van der Waals surface area contributed by atoms with Crippen molar-refractivity contribution >= 4 is 17.8 Å². The number of halogens is 1. The monoisotopic (exact) mass is 391 g/mol. The minimum Gasteiger partial charge on any atom is -0.352 e. The van der Waals surface area contributed by atoms with Gasteiger partial charge in [0.2, 0.25) is 5.91 Å². The highest BCUT2D eigenvalue weighted by Gasteiger charge is 2.51. The summed E-state index contributed by atoms with van der Waals surface area (Å²) in [5.41, 5.74) is -0.765. The van der Waals surface area contributed by atoms with Gasteiger partial charge in [0.25, 0.3) is 5.91 Å². The molecule has 1 aromatic carbocycles. The standard InChI is InChI=1S/C21H30FN3O3/c1-4-6-7-8-9-15(3)23-18(26)14-25-19(27)21(5-2,24-20(25)28)16-10-12-17(22)13-11-16/h10-13,15H,4-9,14H2,1-3H3,(H,23,26)(H,24,28)/t15-,21+/m0/s1. The van der Waals surface area contributed by atoms with E-state index < -0.39 is 23.3 Å². The van der Waals surface area contributed by atoms with Gasteiger partial charge in [0, 0.05) is 6.04 Å². The third-order valence-corrected chi connectivity index (χ3v) is 5.24. The van der Waals surface area contributed by atoms with Crippen LogP contribution in [0.15, 0.2) is 24.3 Å². The van der Waals surface area contributed by atoms with Crippen molar-refractivity contribution in [3.05, 3.63) is 35.6 Å². The average Bonchev–Trinajstić information content (AvgIpc) is 2.91. The van der Waals surface area contributed by atoms with E-state index in [2.05, 4.69) is 17.6 Å². The first kappa shape index (κ1) is 21.9. The molecule has 2 atom stereocenters. The zero-order valence-corrected chi connectivity index (χ0v) is 16.9. The van der Waals surface area contributed by atoms with E-state index in [9.17, 15) is 18.8 Å². The van der Waals surface area contributed by atoms with E-state index >= 15 is 0 Å². The van der Waals surface area contributed by atoms with Gasteiger partial charge in [-0.05, 0) is 37.5 Å². The topological polar surface area (TPSA) is 78.5 Å². The zero-order valence-electron chi connectivity index (χ0n) is 16.9. The van der Waals surface area contributed by atoms with Gasteiger partial charge in [-0.15, -0.1) is 0 Å². The van der Waals surface area contributed by atoms with E-state index in [-0.39, 0.29) is 18.5 Å². The molecule has 154 valence electrons.